The van der Waals surface area contributed by atoms with Crippen LogP contribution in [0.5, 0.6) is 0 Å². The average molecular weight is 409 g/mol. The zero-order chi connectivity index (χ0) is 16.9. The molecule has 0 aromatic carbocycles. The molecule has 0 aliphatic rings. The number of aliphatic hydroxyl groups is 1. The average Bonchev–Trinajstić information content (AvgIpc) is 1.93. The van der Waals surface area contributed by atoms with Crippen LogP contribution < -0.4 is 0 Å². The van der Waals surface area contributed by atoms with Crippen molar-refractivity contribution in [3.05, 3.63) is 0 Å². The molecule has 23 heavy (non-hydrogen) atoms. The maximum atomic E-state index is 9.75. The Balaban J connectivity index is -0.0000000206. The van der Waals surface area contributed by atoms with Crippen LogP contribution in [0, 0.1) is 0 Å². The van der Waals surface area contributed by atoms with Crippen molar-refractivity contribution in [3.63, 3.8) is 0 Å². The molecular weight excluding hydrogens is 388 g/mol. The van der Waals surface area contributed by atoms with E-state index >= 15 is 0 Å². The third-order valence-electron chi connectivity index (χ3n) is 0.224. The minimum absolute atomic E-state index is 0. The first kappa shape index (κ1) is 49.6. The molecule has 148 valence electrons. The quantitative estimate of drug-likeness (QED) is 0.445. The first-order valence-electron chi connectivity index (χ1n) is 4.14. The van der Waals surface area contributed by atoms with E-state index in [0.717, 1.165) is 6.42 Å². The molecule has 0 aromatic rings. The van der Waals surface area contributed by atoms with Crippen LogP contribution in [0.2, 0.25) is 0 Å². The molecule has 0 amide bonds. The van der Waals surface area contributed by atoms with Crippen molar-refractivity contribution >= 4 is 73.1 Å². The SMILES string of the molecule is C.C.C.CCCO.F[B-](F)(F)F.F[B-](F)(F)F.F[B-](F)(F)F.[KH]. The second kappa shape index (κ2) is 25.2. The molecule has 0 heterocycles. The molecule has 17 heteroatoms. The van der Waals surface area contributed by atoms with E-state index in [-0.39, 0.29) is 73.7 Å². The van der Waals surface area contributed by atoms with Gasteiger partial charge in [0.25, 0.3) is 0 Å². The summed E-state index contributed by atoms with van der Waals surface area (Å²) in [7, 11) is -18.0. The van der Waals surface area contributed by atoms with E-state index in [1.807, 2.05) is 6.92 Å². The Hall–Kier alpha value is 0.951. The summed E-state index contributed by atoms with van der Waals surface area (Å²) in [6.07, 6.45) is 0.875. The molecular formula is C6H21B3F12KO-3. The van der Waals surface area contributed by atoms with Gasteiger partial charge >= 0.3 is 73.1 Å². The van der Waals surface area contributed by atoms with Crippen LogP contribution in [0.4, 0.5) is 51.8 Å². The Labute approximate surface area is 171 Å². The fraction of sp³-hybridized carbons (Fsp3) is 1.00. The van der Waals surface area contributed by atoms with E-state index in [1.54, 1.807) is 0 Å². The number of hydrogen-bond donors (Lipinski definition) is 1. The van der Waals surface area contributed by atoms with E-state index < -0.39 is 21.8 Å². The normalized spacial score (nSPS) is 9.13. The van der Waals surface area contributed by atoms with Crippen molar-refractivity contribution in [3.8, 4) is 0 Å². The predicted octanol–water partition coefficient (Wildman–Crippen LogP) is 5.55. The summed E-state index contributed by atoms with van der Waals surface area (Å²) in [4.78, 5) is 0. The number of hydrogen-bond acceptors (Lipinski definition) is 1. The molecule has 0 unspecified atom stereocenters. The molecule has 0 saturated heterocycles. The second-order valence-electron chi connectivity index (χ2n) is 2.21. The van der Waals surface area contributed by atoms with Crippen molar-refractivity contribution in [2.75, 3.05) is 6.61 Å². The number of rotatable bonds is 1. The van der Waals surface area contributed by atoms with Gasteiger partial charge in [-0.05, 0) is 6.42 Å². The van der Waals surface area contributed by atoms with Gasteiger partial charge in [-0.2, -0.15) is 0 Å². The standard InChI is InChI=1S/C3H8O.3CH4.3BF4.K.H/c1-2-3-4;;;;3*2-1(3,4)5;;/h4H,2-3H2,1H3;3*1H4;;;;;/q;;;;3*-1;;. The Morgan fingerprint density at radius 3 is 0.609 bits per heavy atom. The van der Waals surface area contributed by atoms with Crippen molar-refractivity contribution in [1.29, 1.82) is 0 Å². The molecule has 0 atom stereocenters. The van der Waals surface area contributed by atoms with Gasteiger partial charge in [-0.1, -0.05) is 29.2 Å². The van der Waals surface area contributed by atoms with Gasteiger partial charge in [0.05, 0.1) is 0 Å². The Morgan fingerprint density at radius 2 is 0.609 bits per heavy atom. The second-order valence-corrected chi connectivity index (χ2v) is 2.21. The molecule has 0 saturated carbocycles. The van der Waals surface area contributed by atoms with E-state index in [1.165, 1.54) is 0 Å². The van der Waals surface area contributed by atoms with Crippen LogP contribution in [0.25, 0.3) is 0 Å². The van der Waals surface area contributed by atoms with Gasteiger partial charge in [0, 0.05) is 6.61 Å². The summed E-state index contributed by atoms with van der Waals surface area (Å²) in [5, 5.41) is 7.88. The van der Waals surface area contributed by atoms with Crippen LogP contribution in [0.1, 0.15) is 35.6 Å². The van der Waals surface area contributed by atoms with Crippen LogP contribution in [0.15, 0.2) is 0 Å². The predicted molar refractivity (Wildman–Crippen MR) is 75.3 cm³/mol. The van der Waals surface area contributed by atoms with Gasteiger partial charge in [-0.3, -0.25) is 0 Å². The van der Waals surface area contributed by atoms with E-state index in [9.17, 15) is 51.8 Å². The van der Waals surface area contributed by atoms with Gasteiger partial charge < -0.3 is 56.9 Å². The van der Waals surface area contributed by atoms with Gasteiger partial charge in [0.1, 0.15) is 0 Å². The molecule has 0 bridgehead atoms. The summed E-state index contributed by atoms with van der Waals surface area (Å²) in [5.74, 6) is 0. The molecule has 0 fully saturated rings. The molecule has 0 aliphatic carbocycles. The van der Waals surface area contributed by atoms with E-state index in [2.05, 4.69) is 0 Å². The molecule has 0 rings (SSSR count). The molecule has 0 spiro atoms. The Kier molecular flexibility index (Phi) is 54.3. The molecule has 0 radical (unpaired) electrons. The summed E-state index contributed by atoms with van der Waals surface area (Å²) in [6.45, 7) is 2.25. The fourth-order valence-electron chi connectivity index (χ4n) is 0. The molecule has 0 aromatic heterocycles. The van der Waals surface area contributed by atoms with Crippen molar-refractivity contribution in [2.45, 2.75) is 35.6 Å². The summed E-state index contributed by atoms with van der Waals surface area (Å²) >= 11 is 0. The first-order valence-corrected chi connectivity index (χ1v) is 4.14. The third kappa shape index (κ3) is 2650. The van der Waals surface area contributed by atoms with Gasteiger partial charge in [0.15, 0.2) is 0 Å². The van der Waals surface area contributed by atoms with Crippen LogP contribution in [0.3, 0.4) is 0 Å². The van der Waals surface area contributed by atoms with Crippen LogP contribution in [-0.2, 0) is 0 Å². The summed E-state index contributed by atoms with van der Waals surface area (Å²) < 4.78 is 117. The number of aliphatic hydroxyl groups excluding tert-OH is 1. The third-order valence-corrected chi connectivity index (χ3v) is 0.224. The maximum absolute atomic E-state index is 9.75. The summed E-state index contributed by atoms with van der Waals surface area (Å²) in [5.41, 5.74) is 0. The first-order chi connectivity index (χ1) is 7.91. The van der Waals surface area contributed by atoms with Gasteiger partial charge in [-0.15, -0.1) is 0 Å². The minimum atomic E-state index is -6.00. The van der Waals surface area contributed by atoms with Crippen LogP contribution in [-0.4, -0.2) is 84.9 Å². The zero-order valence-corrected chi connectivity index (χ0v) is 9.13. The number of halogens is 12. The topological polar surface area (TPSA) is 20.2 Å². The fourth-order valence-corrected chi connectivity index (χ4v) is 0. The van der Waals surface area contributed by atoms with Crippen molar-refractivity contribution in [1.82, 2.24) is 0 Å². The monoisotopic (exact) mass is 409 g/mol. The van der Waals surface area contributed by atoms with E-state index in [4.69, 9.17) is 5.11 Å². The van der Waals surface area contributed by atoms with Gasteiger partial charge in [-0.25, -0.2) is 0 Å². The zero-order valence-electron chi connectivity index (χ0n) is 9.13. The molecule has 1 N–H and O–H groups in total. The Morgan fingerprint density at radius 1 is 0.565 bits per heavy atom. The molecule has 1 nitrogen and oxygen atoms in total. The molecule has 0 aliphatic heterocycles. The van der Waals surface area contributed by atoms with Crippen LogP contribution >= 0.6 is 0 Å². The van der Waals surface area contributed by atoms with Crippen molar-refractivity contribution < 1.29 is 56.9 Å². The Bertz CT molecular complexity index is 137. The van der Waals surface area contributed by atoms with Crippen molar-refractivity contribution in [2.24, 2.45) is 0 Å². The van der Waals surface area contributed by atoms with Gasteiger partial charge in [0.2, 0.25) is 0 Å². The summed E-state index contributed by atoms with van der Waals surface area (Å²) in [6, 6.07) is 0. The van der Waals surface area contributed by atoms with E-state index in [0.29, 0.717) is 6.61 Å².